The van der Waals surface area contributed by atoms with Crippen molar-refractivity contribution in [3.63, 3.8) is 0 Å². The third-order valence-electron chi connectivity index (χ3n) is 2.12. The molecule has 0 amide bonds. The lowest BCUT2D eigenvalue weighted by molar-refractivity contribution is -0.222. The van der Waals surface area contributed by atoms with Gasteiger partial charge in [-0.25, -0.2) is 9.59 Å². The zero-order valence-electron chi connectivity index (χ0n) is 9.02. The molecule has 0 aromatic carbocycles. The first-order chi connectivity index (χ1) is 7.48. The maximum Gasteiger partial charge on any atom is 0.348 e. The van der Waals surface area contributed by atoms with Gasteiger partial charge >= 0.3 is 11.9 Å². The molecule has 0 aromatic rings. The van der Waals surface area contributed by atoms with Gasteiger partial charge in [0.1, 0.15) is 5.57 Å². The molecule has 4 nitrogen and oxygen atoms in total. The molecule has 1 fully saturated rings. The maximum absolute atomic E-state index is 11.6. The van der Waals surface area contributed by atoms with Crippen molar-refractivity contribution in [3.8, 4) is 0 Å². The predicted octanol–water partition coefficient (Wildman–Crippen LogP) is 1.45. The molecule has 1 radical (unpaired) electrons. The van der Waals surface area contributed by atoms with Crippen molar-refractivity contribution in [2.45, 2.75) is 19.6 Å². The van der Waals surface area contributed by atoms with Gasteiger partial charge in [0, 0.05) is 20.3 Å². The minimum absolute atomic E-state index is 0.0782. The van der Waals surface area contributed by atoms with Crippen molar-refractivity contribution in [2.24, 2.45) is 0 Å². The fourth-order valence-electron chi connectivity index (χ4n) is 1.43. The minimum atomic E-state index is -1.18. The highest BCUT2D eigenvalue weighted by molar-refractivity contribution is 6.15. The fourth-order valence-corrected chi connectivity index (χ4v) is 1.43. The van der Waals surface area contributed by atoms with Gasteiger partial charge < -0.3 is 9.47 Å². The molecule has 2 rings (SSSR count). The van der Waals surface area contributed by atoms with Crippen LogP contribution in [0.1, 0.15) is 13.8 Å². The van der Waals surface area contributed by atoms with E-state index in [4.69, 9.17) is 9.47 Å². The Labute approximate surface area is 93.2 Å². The summed E-state index contributed by atoms with van der Waals surface area (Å²) in [4.78, 5) is 23.1. The molecular formula is C12H11O4. The second-order valence-corrected chi connectivity index (χ2v) is 3.96. The topological polar surface area (TPSA) is 52.6 Å². The Morgan fingerprint density at radius 1 is 1.19 bits per heavy atom. The molecule has 4 heteroatoms. The minimum Gasteiger partial charge on any atom is -0.419 e. The van der Waals surface area contributed by atoms with E-state index in [0.717, 1.165) is 5.57 Å². The zero-order valence-corrected chi connectivity index (χ0v) is 9.02. The first kappa shape index (κ1) is 10.7. The quantitative estimate of drug-likeness (QED) is 0.380. The number of hydrogen-bond acceptors (Lipinski definition) is 4. The number of carbonyl (C=O) groups excluding carboxylic acids is 2. The van der Waals surface area contributed by atoms with Crippen LogP contribution in [0.4, 0.5) is 0 Å². The summed E-state index contributed by atoms with van der Waals surface area (Å²) in [5.41, 5.74) is 0.689. The molecule has 1 saturated heterocycles. The summed E-state index contributed by atoms with van der Waals surface area (Å²) in [6, 6.07) is 0. The maximum atomic E-state index is 11.6. The average molecular weight is 219 g/mol. The lowest BCUT2D eigenvalue weighted by Gasteiger charge is -2.29. The number of ether oxygens (including phenoxy) is 2. The first-order valence-electron chi connectivity index (χ1n) is 4.88. The van der Waals surface area contributed by atoms with Crippen molar-refractivity contribution in [3.05, 3.63) is 41.9 Å². The van der Waals surface area contributed by atoms with Gasteiger partial charge in [-0.05, 0) is 11.6 Å². The summed E-state index contributed by atoms with van der Waals surface area (Å²) >= 11 is 0. The standard InChI is InChI=1S/C12H11O4/c1-12(2)15-10(13)9(11(14)16-12)7-8-5-3-4-6-8/h3-7H,1-2H3. The van der Waals surface area contributed by atoms with Crippen LogP contribution in [0.15, 0.2) is 35.5 Å². The second kappa shape index (κ2) is 3.63. The summed E-state index contributed by atoms with van der Waals surface area (Å²) in [7, 11) is 0. The van der Waals surface area contributed by atoms with E-state index >= 15 is 0 Å². The van der Waals surface area contributed by atoms with E-state index in [1.165, 1.54) is 19.9 Å². The lowest BCUT2D eigenvalue weighted by Crippen LogP contribution is -2.41. The summed E-state index contributed by atoms with van der Waals surface area (Å²) < 4.78 is 9.91. The first-order valence-corrected chi connectivity index (χ1v) is 4.88. The molecule has 0 N–H and O–H groups in total. The average Bonchev–Trinajstić information content (AvgIpc) is 2.62. The van der Waals surface area contributed by atoms with Crippen LogP contribution in [0, 0.1) is 6.42 Å². The number of allylic oxidation sites excluding steroid dienone is 5. The van der Waals surface area contributed by atoms with Crippen LogP contribution < -0.4 is 0 Å². The van der Waals surface area contributed by atoms with Gasteiger partial charge in [0.2, 0.25) is 0 Å². The number of carbonyl (C=O) groups is 2. The van der Waals surface area contributed by atoms with Gasteiger partial charge in [-0.3, -0.25) is 0 Å². The van der Waals surface area contributed by atoms with E-state index in [-0.39, 0.29) is 5.57 Å². The largest absolute Gasteiger partial charge is 0.419 e. The predicted molar refractivity (Wildman–Crippen MR) is 55.9 cm³/mol. The molecule has 16 heavy (non-hydrogen) atoms. The van der Waals surface area contributed by atoms with Crippen molar-refractivity contribution in [2.75, 3.05) is 0 Å². The normalized spacial score (nSPS) is 22.6. The number of hydrogen-bond donors (Lipinski definition) is 0. The second-order valence-electron chi connectivity index (χ2n) is 3.96. The van der Waals surface area contributed by atoms with E-state index in [1.807, 2.05) is 12.5 Å². The van der Waals surface area contributed by atoms with Crippen molar-refractivity contribution >= 4 is 11.9 Å². The van der Waals surface area contributed by atoms with E-state index in [9.17, 15) is 9.59 Å². The van der Waals surface area contributed by atoms with Gasteiger partial charge in [-0.1, -0.05) is 18.2 Å². The molecular weight excluding hydrogens is 208 g/mol. The van der Waals surface area contributed by atoms with Gasteiger partial charge in [-0.2, -0.15) is 0 Å². The number of cyclic esters (lactones) is 2. The van der Waals surface area contributed by atoms with E-state index in [0.29, 0.717) is 0 Å². The molecule has 2 aliphatic rings. The molecule has 1 heterocycles. The van der Waals surface area contributed by atoms with Crippen LogP contribution in [0.2, 0.25) is 0 Å². The Kier molecular flexibility index (Phi) is 2.42. The Bertz CT molecular complexity index is 416. The van der Waals surface area contributed by atoms with Crippen LogP contribution in [-0.4, -0.2) is 17.7 Å². The molecule has 0 saturated carbocycles. The van der Waals surface area contributed by atoms with Gasteiger partial charge in [0.05, 0.1) is 0 Å². The molecule has 1 aliphatic heterocycles. The highest BCUT2D eigenvalue weighted by atomic mass is 16.7. The molecule has 0 bridgehead atoms. The number of rotatable bonds is 1. The Morgan fingerprint density at radius 2 is 1.81 bits per heavy atom. The smallest absolute Gasteiger partial charge is 0.348 e. The Hall–Kier alpha value is -1.84. The summed E-state index contributed by atoms with van der Waals surface area (Å²) in [6.07, 6.45) is 8.66. The van der Waals surface area contributed by atoms with Gasteiger partial charge in [0.15, 0.2) is 0 Å². The summed E-state index contributed by atoms with van der Waals surface area (Å²) in [6.45, 7) is 3.03. The van der Waals surface area contributed by atoms with Crippen LogP contribution in [-0.2, 0) is 19.1 Å². The van der Waals surface area contributed by atoms with Crippen LogP contribution in [0.3, 0.4) is 0 Å². The van der Waals surface area contributed by atoms with Gasteiger partial charge in [0.25, 0.3) is 5.79 Å². The molecule has 0 spiro atoms. The molecule has 0 aromatic heterocycles. The SMILES string of the molecule is CC1(C)OC(=O)C(=CC2=C[CH]C=C2)C(=O)O1. The van der Waals surface area contributed by atoms with Gasteiger partial charge in [-0.15, -0.1) is 0 Å². The molecule has 0 atom stereocenters. The summed E-state index contributed by atoms with van der Waals surface area (Å²) in [5.74, 6) is -2.48. The Morgan fingerprint density at radius 3 is 2.31 bits per heavy atom. The number of esters is 2. The zero-order chi connectivity index (χ0) is 11.8. The van der Waals surface area contributed by atoms with Crippen molar-refractivity contribution in [1.82, 2.24) is 0 Å². The lowest BCUT2D eigenvalue weighted by atomic mass is 10.1. The van der Waals surface area contributed by atoms with Crippen molar-refractivity contribution < 1.29 is 19.1 Å². The molecule has 83 valence electrons. The highest BCUT2D eigenvalue weighted by Gasteiger charge is 2.38. The summed E-state index contributed by atoms with van der Waals surface area (Å²) in [5, 5.41) is 0. The fraction of sp³-hybridized carbons (Fsp3) is 0.250. The Balaban J connectivity index is 2.26. The molecule has 1 aliphatic carbocycles. The van der Waals surface area contributed by atoms with Crippen LogP contribution >= 0.6 is 0 Å². The third-order valence-corrected chi connectivity index (χ3v) is 2.12. The van der Waals surface area contributed by atoms with E-state index < -0.39 is 17.7 Å². The highest BCUT2D eigenvalue weighted by Crippen LogP contribution is 2.24. The third kappa shape index (κ3) is 2.05. The van der Waals surface area contributed by atoms with Crippen LogP contribution in [0.25, 0.3) is 0 Å². The monoisotopic (exact) mass is 219 g/mol. The molecule has 0 unspecified atom stereocenters. The van der Waals surface area contributed by atoms with Crippen molar-refractivity contribution in [1.29, 1.82) is 0 Å². The van der Waals surface area contributed by atoms with E-state index in [2.05, 4.69) is 0 Å². The van der Waals surface area contributed by atoms with E-state index in [1.54, 1.807) is 12.2 Å². The van der Waals surface area contributed by atoms with Crippen LogP contribution in [0.5, 0.6) is 0 Å².